The first-order valence-corrected chi connectivity index (χ1v) is 8.53. The summed E-state index contributed by atoms with van der Waals surface area (Å²) in [6.07, 6.45) is 0. The lowest BCUT2D eigenvalue weighted by Crippen LogP contribution is -2.28. The minimum absolute atomic E-state index is 0.0323. The number of carbonyl (C=O) groups is 1. The highest BCUT2D eigenvalue weighted by Gasteiger charge is 2.15. The number of rotatable bonds is 8. The van der Waals surface area contributed by atoms with Gasteiger partial charge in [-0.25, -0.2) is 0 Å². The van der Waals surface area contributed by atoms with Gasteiger partial charge in [0.05, 0.1) is 12.4 Å². The summed E-state index contributed by atoms with van der Waals surface area (Å²) in [6.45, 7) is 5.89. The van der Waals surface area contributed by atoms with Crippen LogP contribution in [-0.2, 0) is 16.1 Å². The third-order valence-electron chi connectivity index (χ3n) is 3.38. The molecule has 1 amide bonds. The smallest absolute Gasteiger partial charge is 0.230 e. The molecule has 0 aliphatic carbocycles. The van der Waals surface area contributed by atoms with Crippen LogP contribution < -0.4 is 5.32 Å². The Morgan fingerprint density at radius 3 is 2.83 bits per heavy atom. The standard InChI is InChI=1S/C16H22N4O2S/c1-4-20-15(13-8-6-5-7-12(13)2)18-19-16(20)23-11-14(21)17-9-10-22-3/h5-8H,4,9-11H2,1-3H3,(H,17,21). The minimum Gasteiger partial charge on any atom is -0.383 e. The first-order chi connectivity index (χ1) is 11.2. The molecule has 7 heteroatoms. The van der Waals surface area contributed by atoms with Crippen LogP contribution in [0.2, 0.25) is 0 Å². The molecule has 1 aromatic heterocycles. The van der Waals surface area contributed by atoms with Gasteiger partial charge in [0.2, 0.25) is 5.91 Å². The third-order valence-corrected chi connectivity index (χ3v) is 4.35. The van der Waals surface area contributed by atoms with Crippen LogP contribution >= 0.6 is 11.8 Å². The second-order valence-corrected chi connectivity index (χ2v) is 5.94. The Labute approximate surface area is 140 Å². The fourth-order valence-corrected chi connectivity index (χ4v) is 3.01. The second-order valence-electron chi connectivity index (χ2n) is 5.00. The Balaban J connectivity index is 2.07. The minimum atomic E-state index is -0.0323. The number of hydrogen-bond acceptors (Lipinski definition) is 5. The Hall–Kier alpha value is -1.86. The van der Waals surface area contributed by atoms with Crippen molar-refractivity contribution in [2.24, 2.45) is 0 Å². The molecule has 6 nitrogen and oxygen atoms in total. The van der Waals surface area contributed by atoms with E-state index < -0.39 is 0 Å². The van der Waals surface area contributed by atoms with E-state index in [4.69, 9.17) is 4.74 Å². The molecule has 0 bridgehead atoms. The maximum Gasteiger partial charge on any atom is 0.230 e. The van der Waals surface area contributed by atoms with Gasteiger partial charge in [-0.15, -0.1) is 10.2 Å². The Bertz CT molecular complexity index is 657. The summed E-state index contributed by atoms with van der Waals surface area (Å²) in [5.41, 5.74) is 2.22. The van der Waals surface area contributed by atoms with Gasteiger partial charge in [0, 0.05) is 25.8 Å². The van der Waals surface area contributed by atoms with Gasteiger partial charge in [-0.3, -0.25) is 4.79 Å². The van der Waals surface area contributed by atoms with Gasteiger partial charge in [-0.05, 0) is 19.4 Å². The highest BCUT2D eigenvalue weighted by Crippen LogP contribution is 2.25. The van der Waals surface area contributed by atoms with Crippen LogP contribution in [0.3, 0.4) is 0 Å². The van der Waals surface area contributed by atoms with Crippen molar-refractivity contribution >= 4 is 17.7 Å². The fraction of sp³-hybridized carbons (Fsp3) is 0.438. The summed E-state index contributed by atoms with van der Waals surface area (Å²) in [5.74, 6) is 1.12. The summed E-state index contributed by atoms with van der Waals surface area (Å²) >= 11 is 1.40. The van der Waals surface area contributed by atoms with Crippen LogP contribution in [0.4, 0.5) is 0 Å². The zero-order valence-electron chi connectivity index (χ0n) is 13.7. The molecule has 1 aromatic carbocycles. The van der Waals surface area contributed by atoms with Crippen LogP contribution in [0.15, 0.2) is 29.4 Å². The average molecular weight is 334 g/mol. The Kier molecular flexibility index (Phi) is 6.61. The van der Waals surface area contributed by atoms with Crippen molar-refractivity contribution in [3.8, 4) is 11.4 Å². The molecule has 0 aliphatic rings. The van der Waals surface area contributed by atoms with Crippen molar-refractivity contribution in [1.29, 1.82) is 0 Å². The highest BCUT2D eigenvalue weighted by atomic mass is 32.2. The van der Waals surface area contributed by atoms with Gasteiger partial charge in [0.15, 0.2) is 11.0 Å². The van der Waals surface area contributed by atoms with Crippen molar-refractivity contribution in [3.05, 3.63) is 29.8 Å². The number of methoxy groups -OCH3 is 1. The fourth-order valence-electron chi connectivity index (χ4n) is 2.18. The van der Waals surface area contributed by atoms with E-state index in [9.17, 15) is 4.79 Å². The normalized spacial score (nSPS) is 10.7. The second kappa shape index (κ2) is 8.69. The van der Waals surface area contributed by atoms with Crippen LogP contribution in [0.25, 0.3) is 11.4 Å². The molecule has 0 atom stereocenters. The summed E-state index contributed by atoms with van der Waals surface area (Å²) in [7, 11) is 1.61. The number of nitrogens with one attached hydrogen (secondary N) is 1. The maximum atomic E-state index is 11.8. The lowest BCUT2D eigenvalue weighted by molar-refractivity contribution is -0.118. The molecule has 2 aromatic rings. The quantitative estimate of drug-likeness (QED) is 0.591. The van der Waals surface area contributed by atoms with Crippen LogP contribution in [-0.4, -0.2) is 46.7 Å². The number of thioether (sulfide) groups is 1. The van der Waals surface area contributed by atoms with E-state index in [0.717, 1.165) is 28.7 Å². The molecule has 0 saturated heterocycles. The first kappa shape index (κ1) is 17.5. The van der Waals surface area contributed by atoms with E-state index in [-0.39, 0.29) is 5.91 Å². The van der Waals surface area contributed by atoms with E-state index in [0.29, 0.717) is 18.9 Å². The number of nitrogens with zero attached hydrogens (tertiary/aromatic N) is 3. The number of amides is 1. The zero-order valence-corrected chi connectivity index (χ0v) is 14.5. The molecular formula is C16H22N4O2S. The van der Waals surface area contributed by atoms with E-state index in [2.05, 4.69) is 28.5 Å². The van der Waals surface area contributed by atoms with Crippen molar-refractivity contribution < 1.29 is 9.53 Å². The number of aryl methyl sites for hydroxylation is 1. The van der Waals surface area contributed by atoms with Gasteiger partial charge in [0.25, 0.3) is 0 Å². The monoisotopic (exact) mass is 334 g/mol. The molecule has 0 unspecified atom stereocenters. The van der Waals surface area contributed by atoms with Gasteiger partial charge in [-0.2, -0.15) is 0 Å². The molecule has 2 rings (SSSR count). The zero-order chi connectivity index (χ0) is 16.7. The topological polar surface area (TPSA) is 69.0 Å². The van der Waals surface area contributed by atoms with Crippen molar-refractivity contribution in [1.82, 2.24) is 20.1 Å². The molecule has 0 saturated carbocycles. The van der Waals surface area contributed by atoms with Crippen molar-refractivity contribution in [3.63, 3.8) is 0 Å². The number of ether oxygens (including phenoxy) is 1. The molecule has 124 valence electrons. The molecule has 0 fully saturated rings. The van der Waals surface area contributed by atoms with Crippen LogP contribution in [0.1, 0.15) is 12.5 Å². The summed E-state index contributed by atoms with van der Waals surface area (Å²) in [4.78, 5) is 11.8. The van der Waals surface area contributed by atoms with Gasteiger partial charge in [0.1, 0.15) is 0 Å². The number of hydrogen-bond donors (Lipinski definition) is 1. The summed E-state index contributed by atoms with van der Waals surface area (Å²) in [6, 6.07) is 8.09. The van der Waals surface area contributed by atoms with Gasteiger partial charge >= 0.3 is 0 Å². The van der Waals surface area contributed by atoms with E-state index in [1.165, 1.54) is 11.8 Å². The third kappa shape index (κ3) is 4.56. The highest BCUT2D eigenvalue weighted by molar-refractivity contribution is 7.99. The SMILES string of the molecule is CCn1c(SCC(=O)NCCOC)nnc1-c1ccccc1C. The lowest BCUT2D eigenvalue weighted by Gasteiger charge is -2.09. The molecule has 1 N–H and O–H groups in total. The molecule has 23 heavy (non-hydrogen) atoms. The van der Waals surface area contributed by atoms with Crippen molar-refractivity contribution in [2.75, 3.05) is 26.0 Å². The Morgan fingerprint density at radius 2 is 2.13 bits per heavy atom. The van der Waals surface area contributed by atoms with E-state index in [1.54, 1.807) is 7.11 Å². The molecule has 0 spiro atoms. The van der Waals surface area contributed by atoms with Crippen LogP contribution in [0, 0.1) is 6.92 Å². The van der Waals surface area contributed by atoms with Crippen molar-refractivity contribution in [2.45, 2.75) is 25.5 Å². The van der Waals surface area contributed by atoms with Gasteiger partial charge in [-0.1, -0.05) is 36.0 Å². The van der Waals surface area contributed by atoms with E-state index >= 15 is 0 Å². The molecule has 0 aliphatic heterocycles. The van der Waals surface area contributed by atoms with Gasteiger partial charge < -0.3 is 14.6 Å². The predicted molar refractivity (Wildman–Crippen MR) is 91.5 cm³/mol. The number of aromatic nitrogens is 3. The maximum absolute atomic E-state index is 11.8. The largest absolute Gasteiger partial charge is 0.383 e. The lowest BCUT2D eigenvalue weighted by atomic mass is 10.1. The molecular weight excluding hydrogens is 312 g/mol. The molecule has 0 radical (unpaired) electrons. The molecule has 1 heterocycles. The summed E-state index contributed by atoms with van der Waals surface area (Å²) in [5, 5.41) is 12.1. The average Bonchev–Trinajstić information content (AvgIpc) is 2.96. The van der Waals surface area contributed by atoms with E-state index in [1.807, 2.05) is 29.7 Å². The number of benzene rings is 1. The van der Waals surface area contributed by atoms with Crippen LogP contribution in [0.5, 0.6) is 0 Å². The first-order valence-electron chi connectivity index (χ1n) is 7.55. The summed E-state index contributed by atoms with van der Waals surface area (Å²) < 4.78 is 6.94. The Morgan fingerprint density at radius 1 is 1.35 bits per heavy atom. The number of carbonyl (C=O) groups excluding carboxylic acids is 1. The predicted octanol–water partition coefficient (Wildman–Crippen LogP) is 2.13.